The Bertz CT molecular complexity index is 442. The molecule has 1 unspecified atom stereocenters. The number of halogens is 1. The molecule has 2 N–H and O–H groups in total. The summed E-state index contributed by atoms with van der Waals surface area (Å²) in [5.41, 5.74) is 7.83. The van der Waals surface area contributed by atoms with Gasteiger partial charge in [0.25, 0.3) is 0 Å². The highest BCUT2D eigenvalue weighted by Gasteiger charge is 2.13. The molecule has 0 bridgehead atoms. The van der Waals surface area contributed by atoms with Crippen molar-refractivity contribution in [3.05, 3.63) is 59.1 Å². The van der Waals surface area contributed by atoms with E-state index in [1.807, 2.05) is 30.3 Å². The summed E-state index contributed by atoms with van der Waals surface area (Å²) in [6.45, 7) is 0.513. The Morgan fingerprint density at radius 3 is 2.50 bits per heavy atom. The highest BCUT2D eigenvalue weighted by atomic mass is 35.5. The first-order valence-electron chi connectivity index (χ1n) is 5.02. The van der Waals surface area contributed by atoms with Gasteiger partial charge in [0, 0.05) is 23.7 Å². The van der Waals surface area contributed by atoms with E-state index in [0.717, 1.165) is 16.3 Å². The SMILES string of the molecule is NCC(c1ccc(Cl)cc1)c1ccncn1. The van der Waals surface area contributed by atoms with E-state index < -0.39 is 0 Å². The molecule has 1 aromatic heterocycles. The molecule has 16 heavy (non-hydrogen) atoms. The number of hydrogen-bond acceptors (Lipinski definition) is 3. The summed E-state index contributed by atoms with van der Waals surface area (Å²) in [4.78, 5) is 8.12. The first-order chi connectivity index (χ1) is 7.81. The van der Waals surface area contributed by atoms with Crippen molar-refractivity contribution >= 4 is 11.6 Å². The van der Waals surface area contributed by atoms with Gasteiger partial charge in [-0.25, -0.2) is 9.97 Å². The maximum Gasteiger partial charge on any atom is 0.115 e. The third-order valence-electron chi connectivity index (χ3n) is 2.47. The molecule has 0 radical (unpaired) electrons. The van der Waals surface area contributed by atoms with Crippen LogP contribution in [0.1, 0.15) is 17.2 Å². The summed E-state index contributed by atoms with van der Waals surface area (Å²) in [7, 11) is 0. The molecular formula is C12H12ClN3. The molecule has 0 aliphatic rings. The van der Waals surface area contributed by atoms with Crippen LogP contribution in [0.25, 0.3) is 0 Å². The van der Waals surface area contributed by atoms with Crippen LogP contribution in [0.15, 0.2) is 42.9 Å². The minimum absolute atomic E-state index is 0.0975. The molecule has 2 aromatic rings. The number of hydrogen-bond donors (Lipinski definition) is 1. The molecular weight excluding hydrogens is 222 g/mol. The van der Waals surface area contributed by atoms with Crippen LogP contribution < -0.4 is 5.73 Å². The van der Waals surface area contributed by atoms with Gasteiger partial charge in [0.1, 0.15) is 6.33 Å². The van der Waals surface area contributed by atoms with E-state index in [-0.39, 0.29) is 5.92 Å². The van der Waals surface area contributed by atoms with Crippen LogP contribution in [0.5, 0.6) is 0 Å². The fourth-order valence-electron chi connectivity index (χ4n) is 1.63. The van der Waals surface area contributed by atoms with Crippen molar-refractivity contribution in [2.45, 2.75) is 5.92 Å². The monoisotopic (exact) mass is 233 g/mol. The lowest BCUT2D eigenvalue weighted by molar-refractivity contribution is 0.781. The third kappa shape index (κ3) is 2.38. The molecule has 0 saturated carbocycles. The molecule has 0 fully saturated rings. The number of benzene rings is 1. The van der Waals surface area contributed by atoms with Crippen molar-refractivity contribution < 1.29 is 0 Å². The number of aromatic nitrogens is 2. The van der Waals surface area contributed by atoms with Crippen molar-refractivity contribution in [3.63, 3.8) is 0 Å². The Balaban J connectivity index is 2.33. The van der Waals surface area contributed by atoms with E-state index in [4.69, 9.17) is 17.3 Å². The Labute approximate surface area is 99.3 Å². The van der Waals surface area contributed by atoms with Gasteiger partial charge in [0.05, 0.1) is 5.69 Å². The lowest BCUT2D eigenvalue weighted by Gasteiger charge is -2.14. The zero-order chi connectivity index (χ0) is 11.4. The lowest BCUT2D eigenvalue weighted by atomic mass is 9.96. The van der Waals surface area contributed by atoms with E-state index in [9.17, 15) is 0 Å². The zero-order valence-electron chi connectivity index (χ0n) is 8.68. The molecule has 82 valence electrons. The second-order valence-corrected chi connectivity index (χ2v) is 3.91. The Morgan fingerprint density at radius 2 is 1.94 bits per heavy atom. The number of rotatable bonds is 3. The summed E-state index contributed by atoms with van der Waals surface area (Å²) in [5, 5.41) is 0.724. The first-order valence-corrected chi connectivity index (χ1v) is 5.40. The molecule has 1 heterocycles. The van der Waals surface area contributed by atoms with Crippen molar-refractivity contribution in [1.29, 1.82) is 0 Å². The van der Waals surface area contributed by atoms with Crippen molar-refractivity contribution in [2.24, 2.45) is 5.73 Å². The van der Waals surface area contributed by atoms with Gasteiger partial charge in [-0.2, -0.15) is 0 Å². The Morgan fingerprint density at radius 1 is 1.19 bits per heavy atom. The van der Waals surface area contributed by atoms with E-state index in [1.54, 1.807) is 6.20 Å². The van der Waals surface area contributed by atoms with Crippen LogP contribution in [0.3, 0.4) is 0 Å². The highest BCUT2D eigenvalue weighted by molar-refractivity contribution is 6.30. The Kier molecular flexibility index (Phi) is 3.49. The van der Waals surface area contributed by atoms with Gasteiger partial charge in [-0.15, -0.1) is 0 Å². The van der Waals surface area contributed by atoms with Gasteiger partial charge in [0.2, 0.25) is 0 Å². The second kappa shape index (κ2) is 5.05. The van der Waals surface area contributed by atoms with Crippen LogP contribution in [-0.4, -0.2) is 16.5 Å². The van der Waals surface area contributed by atoms with Gasteiger partial charge < -0.3 is 5.73 Å². The van der Waals surface area contributed by atoms with E-state index in [0.29, 0.717) is 6.54 Å². The topological polar surface area (TPSA) is 51.8 Å². The first kappa shape index (κ1) is 11.0. The lowest BCUT2D eigenvalue weighted by Crippen LogP contribution is -2.15. The largest absolute Gasteiger partial charge is 0.329 e. The number of nitrogens with two attached hydrogens (primary N) is 1. The maximum atomic E-state index is 5.85. The second-order valence-electron chi connectivity index (χ2n) is 3.47. The smallest absolute Gasteiger partial charge is 0.115 e. The van der Waals surface area contributed by atoms with Gasteiger partial charge >= 0.3 is 0 Å². The minimum atomic E-state index is 0.0975. The quantitative estimate of drug-likeness (QED) is 0.885. The van der Waals surface area contributed by atoms with Gasteiger partial charge in [-0.3, -0.25) is 0 Å². The summed E-state index contributed by atoms with van der Waals surface area (Å²) in [6, 6.07) is 9.55. The molecule has 3 nitrogen and oxygen atoms in total. The molecule has 4 heteroatoms. The molecule has 1 aromatic carbocycles. The van der Waals surface area contributed by atoms with Crippen molar-refractivity contribution in [3.8, 4) is 0 Å². The average Bonchev–Trinajstić information content (AvgIpc) is 2.34. The Hall–Kier alpha value is -1.45. The fourth-order valence-corrected chi connectivity index (χ4v) is 1.76. The maximum absolute atomic E-state index is 5.85. The molecule has 2 rings (SSSR count). The zero-order valence-corrected chi connectivity index (χ0v) is 9.43. The number of nitrogens with zero attached hydrogens (tertiary/aromatic N) is 2. The van der Waals surface area contributed by atoms with E-state index >= 15 is 0 Å². The molecule has 0 saturated heterocycles. The van der Waals surface area contributed by atoms with Crippen LogP contribution >= 0.6 is 11.6 Å². The molecule has 1 atom stereocenters. The van der Waals surface area contributed by atoms with Gasteiger partial charge in [-0.05, 0) is 23.8 Å². The van der Waals surface area contributed by atoms with Gasteiger partial charge in [-0.1, -0.05) is 23.7 Å². The van der Waals surface area contributed by atoms with Crippen LogP contribution in [0.2, 0.25) is 5.02 Å². The normalized spacial score (nSPS) is 12.4. The molecule has 0 spiro atoms. The van der Waals surface area contributed by atoms with Crippen LogP contribution in [0.4, 0.5) is 0 Å². The fraction of sp³-hybridized carbons (Fsp3) is 0.167. The standard InChI is InChI=1S/C12H12ClN3/c13-10-3-1-9(2-4-10)11(7-14)12-5-6-15-8-16-12/h1-6,8,11H,7,14H2. The molecule has 0 aliphatic carbocycles. The van der Waals surface area contributed by atoms with Gasteiger partial charge in [0.15, 0.2) is 0 Å². The molecule has 0 amide bonds. The van der Waals surface area contributed by atoms with E-state index in [1.165, 1.54) is 6.33 Å². The minimum Gasteiger partial charge on any atom is -0.329 e. The highest BCUT2D eigenvalue weighted by Crippen LogP contribution is 2.22. The van der Waals surface area contributed by atoms with E-state index in [2.05, 4.69) is 9.97 Å². The predicted octanol–water partition coefficient (Wildman–Crippen LogP) is 2.22. The summed E-state index contributed by atoms with van der Waals surface area (Å²) < 4.78 is 0. The van der Waals surface area contributed by atoms with Crippen LogP contribution in [0, 0.1) is 0 Å². The predicted molar refractivity (Wildman–Crippen MR) is 64.4 cm³/mol. The van der Waals surface area contributed by atoms with Crippen LogP contribution in [-0.2, 0) is 0 Å². The summed E-state index contributed by atoms with van der Waals surface area (Å²) in [6.07, 6.45) is 3.26. The molecule has 0 aliphatic heterocycles. The third-order valence-corrected chi connectivity index (χ3v) is 2.72. The average molecular weight is 234 g/mol. The summed E-state index contributed by atoms with van der Waals surface area (Å²) >= 11 is 5.85. The van der Waals surface area contributed by atoms with Crippen molar-refractivity contribution in [1.82, 2.24) is 9.97 Å². The summed E-state index contributed by atoms with van der Waals surface area (Å²) in [5.74, 6) is 0.0975. The van der Waals surface area contributed by atoms with Crippen molar-refractivity contribution in [2.75, 3.05) is 6.54 Å².